The van der Waals surface area contributed by atoms with E-state index in [1.165, 1.54) is 0 Å². The van der Waals surface area contributed by atoms with E-state index in [1.807, 2.05) is 0 Å². The van der Waals surface area contributed by atoms with Gasteiger partial charge in [-0.3, -0.25) is 0 Å². The molecule has 0 bridgehead atoms. The Morgan fingerprint density at radius 3 is 1.33 bits per heavy atom. The van der Waals surface area contributed by atoms with Gasteiger partial charge in [-0.15, -0.1) is 0 Å². The molecule has 0 rings (SSSR count). The van der Waals surface area contributed by atoms with Crippen LogP contribution in [0.5, 0.6) is 0 Å². The molecule has 0 aromatic rings. The number of halogens is 2. The van der Waals surface area contributed by atoms with E-state index in [-0.39, 0.29) is 20.4 Å². The predicted molar refractivity (Wildman–Crippen MR) is 15.0 cm³/mol. The van der Waals surface area contributed by atoms with Crippen LogP contribution in [0.4, 0.5) is 0 Å². The average Bonchev–Trinajstić information content (AvgIpc) is 1.41. The molecular formula is Cl2O3Re. The molecule has 0 aliphatic heterocycles. The van der Waals surface area contributed by atoms with Gasteiger partial charge < -0.3 is 0 Å². The molecule has 1 radical (unpaired) electrons. The summed E-state index contributed by atoms with van der Waals surface area (Å²) in [4.78, 5) is 0. The molecule has 3 nitrogen and oxygen atoms in total. The van der Waals surface area contributed by atoms with Crippen LogP contribution >= 0.6 is 23.7 Å². The first-order valence-electron chi connectivity index (χ1n) is 0.642. The molecule has 0 aliphatic rings. The smallest absolute Gasteiger partial charge is 0.0879 e. The van der Waals surface area contributed by atoms with Gasteiger partial charge in [0, 0.05) is 20.4 Å². The molecule has 0 saturated carbocycles. The number of hydrogen-bond acceptors (Lipinski definition) is 3. The van der Waals surface area contributed by atoms with Crippen molar-refractivity contribution >= 4 is 23.7 Å². The molecule has 39 valence electrons. The summed E-state index contributed by atoms with van der Waals surface area (Å²) in [6.45, 7) is 0. The minimum Gasteiger partial charge on any atom is -0.0879 e. The van der Waals surface area contributed by atoms with Gasteiger partial charge in [-0.2, -0.15) is 0 Å². The van der Waals surface area contributed by atoms with Crippen LogP contribution in [0, 0.1) is 0 Å². The quantitative estimate of drug-likeness (QED) is 0.566. The van der Waals surface area contributed by atoms with Crippen LogP contribution in [0.3, 0.4) is 0 Å². The zero-order valence-corrected chi connectivity index (χ0v) is 6.59. The SMILES string of the molecule is ClOOOCl.[Re]. The van der Waals surface area contributed by atoms with Crippen LogP contribution in [0.15, 0.2) is 0 Å². The first-order chi connectivity index (χ1) is 2.41. The van der Waals surface area contributed by atoms with Crippen LogP contribution in [0.2, 0.25) is 0 Å². The first kappa shape index (κ1) is 10.2. The fraction of sp³-hybridized carbons (Fsp3) is 0. The third kappa shape index (κ3) is 8.93. The Labute approximate surface area is 58.3 Å². The van der Waals surface area contributed by atoms with Gasteiger partial charge in [-0.1, -0.05) is 8.88 Å². The van der Waals surface area contributed by atoms with E-state index in [2.05, 4.69) is 37.7 Å². The molecular weight excluding hydrogens is 305 g/mol. The first-order valence-corrected chi connectivity index (χ1v) is 1.26. The van der Waals surface area contributed by atoms with Gasteiger partial charge in [-0.25, -0.2) is 0 Å². The van der Waals surface area contributed by atoms with Crippen molar-refractivity contribution in [2.45, 2.75) is 0 Å². The van der Waals surface area contributed by atoms with Crippen molar-refractivity contribution < 1.29 is 34.3 Å². The Bertz CT molecular complexity index is 16.3. The molecule has 6 heavy (non-hydrogen) atoms. The minimum absolute atomic E-state index is 0. The van der Waals surface area contributed by atoms with Crippen LogP contribution in [-0.4, -0.2) is 0 Å². The fourth-order valence-corrected chi connectivity index (χ4v) is 0.0875. The van der Waals surface area contributed by atoms with Crippen molar-refractivity contribution in [2.75, 3.05) is 0 Å². The summed E-state index contributed by atoms with van der Waals surface area (Å²) in [7, 11) is 0. The van der Waals surface area contributed by atoms with Gasteiger partial charge in [0.15, 0.2) is 0 Å². The Morgan fingerprint density at radius 2 is 1.33 bits per heavy atom. The Kier molecular flexibility index (Phi) is 16.0. The summed E-state index contributed by atoms with van der Waals surface area (Å²) in [5.74, 6) is 0. The van der Waals surface area contributed by atoms with Gasteiger partial charge in [0.25, 0.3) is 0 Å². The molecule has 0 aliphatic carbocycles. The topological polar surface area (TPSA) is 27.7 Å². The second-order valence-corrected chi connectivity index (χ2v) is 0.446. The molecule has 0 unspecified atom stereocenters. The van der Waals surface area contributed by atoms with Crippen LogP contribution < -0.4 is 0 Å². The summed E-state index contributed by atoms with van der Waals surface area (Å²) in [6, 6.07) is 0. The van der Waals surface area contributed by atoms with Gasteiger partial charge in [-0.05, 0) is 5.04 Å². The van der Waals surface area contributed by atoms with E-state index >= 15 is 0 Å². The van der Waals surface area contributed by atoms with E-state index in [4.69, 9.17) is 0 Å². The third-order valence-corrected chi connectivity index (χ3v) is 0.154. The van der Waals surface area contributed by atoms with E-state index in [0.29, 0.717) is 0 Å². The zero-order valence-electron chi connectivity index (χ0n) is 2.36. The Hall–Kier alpha value is 1.12. The van der Waals surface area contributed by atoms with E-state index in [1.54, 1.807) is 0 Å². The molecule has 0 aromatic heterocycles. The molecule has 0 N–H and O–H groups in total. The van der Waals surface area contributed by atoms with Crippen molar-refractivity contribution in [2.24, 2.45) is 0 Å². The third-order valence-electron chi connectivity index (χ3n) is 0.0514. The maximum Gasteiger partial charge on any atom is 0.103 e. The molecule has 0 amide bonds. The minimum atomic E-state index is 0. The normalized spacial score (nSPS) is 7.00. The standard InChI is InChI=1S/Cl2O3.Re/c1-3-5-4-2;. The van der Waals surface area contributed by atoms with Crippen LogP contribution in [0.25, 0.3) is 0 Å². The van der Waals surface area contributed by atoms with Crippen LogP contribution in [0.1, 0.15) is 0 Å². The maximum absolute atomic E-state index is 4.37. The fourth-order valence-electron chi connectivity index (χ4n) is 0.00972. The van der Waals surface area contributed by atoms with Crippen molar-refractivity contribution in [1.29, 1.82) is 0 Å². The molecule has 0 saturated heterocycles. The molecule has 0 atom stereocenters. The van der Waals surface area contributed by atoms with Crippen molar-refractivity contribution in [3.63, 3.8) is 0 Å². The van der Waals surface area contributed by atoms with Gasteiger partial charge in [0.2, 0.25) is 0 Å². The number of rotatable bonds is 2. The summed E-state index contributed by atoms with van der Waals surface area (Å²) < 4.78 is 6.62. The van der Waals surface area contributed by atoms with Crippen LogP contribution in [-0.2, 0) is 34.3 Å². The average molecular weight is 305 g/mol. The monoisotopic (exact) mass is 305 g/mol. The Morgan fingerprint density at radius 1 is 1.00 bits per heavy atom. The molecule has 0 aromatic carbocycles. The van der Waals surface area contributed by atoms with Gasteiger partial charge >= 0.3 is 0 Å². The maximum atomic E-state index is 4.37. The summed E-state index contributed by atoms with van der Waals surface area (Å²) in [6.07, 6.45) is 0. The second kappa shape index (κ2) is 9.45. The number of hydrogen-bond donors (Lipinski definition) is 0. The van der Waals surface area contributed by atoms with Gasteiger partial charge in [0.1, 0.15) is 23.7 Å². The van der Waals surface area contributed by atoms with Crippen molar-refractivity contribution in [3.8, 4) is 0 Å². The molecule has 0 fully saturated rings. The van der Waals surface area contributed by atoms with E-state index < -0.39 is 0 Å². The Balaban J connectivity index is 0. The van der Waals surface area contributed by atoms with Gasteiger partial charge in [0.05, 0.1) is 0 Å². The molecule has 0 heterocycles. The molecule has 0 spiro atoms. The predicted octanol–water partition coefficient (Wildman–Crippen LogP) is 1.17. The molecule has 6 heteroatoms. The van der Waals surface area contributed by atoms with Crippen molar-refractivity contribution in [3.05, 3.63) is 0 Å². The summed E-state index contributed by atoms with van der Waals surface area (Å²) >= 11 is 8.74. The summed E-state index contributed by atoms with van der Waals surface area (Å²) in [5, 5.41) is 3.36. The van der Waals surface area contributed by atoms with E-state index in [9.17, 15) is 0 Å². The largest absolute Gasteiger partial charge is 0.103 e. The summed E-state index contributed by atoms with van der Waals surface area (Å²) in [5.41, 5.74) is 0. The zero-order chi connectivity index (χ0) is 4.12. The second-order valence-electron chi connectivity index (χ2n) is 0.194. The van der Waals surface area contributed by atoms with Crippen molar-refractivity contribution in [1.82, 2.24) is 0 Å². The van der Waals surface area contributed by atoms with E-state index in [0.717, 1.165) is 0 Å².